The summed E-state index contributed by atoms with van der Waals surface area (Å²) in [6.07, 6.45) is 8.46. The second-order valence-corrected chi connectivity index (χ2v) is 14.6. The number of aliphatic hydroxyl groups excluding tert-OH is 4. The van der Waals surface area contributed by atoms with Crippen molar-refractivity contribution in [3.8, 4) is 0 Å². The van der Waals surface area contributed by atoms with Crippen molar-refractivity contribution in [2.24, 2.45) is 40.4 Å². The molecule has 0 bridgehead atoms. The summed E-state index contributed by atoms with van der Waals surface area (Å²) in [5.74, 6) is 1.80. The molecule has 0 aromatic rings. The van der Waals surface area contributed by atoms with E-state index in [2.05, 4.69) is 46.8 Å². The second-order valence-electron chi connectivity index (χ2n) is 14.6. The van der Waals surface area contributed by atoms with E-state index >= 15 is 0 Å². The van der Waals surface area contributed by atoms with Gasteiger partial charge in [0, 0.05) is 13.0 Å². The summed E-state index contributed by atoms with van der Waals surface area (Å²) in [6, 6.07) is 0. The van der Waals surface area contributed by atoms with E-state index in [0.717, 1.165) is 51.4 Å². The van der Waals surface area contributed by atoms with Crippen molar-refractivity contribution in [3.05, 3.63) is 23.3 Å². The van der Waals surface area contributed by atoms with E-state index in [0.29, 0.717) is 17.8 Å². The predicted octanol–water partition coefficient (Wildman–Crippen LogP) is 4.37. The number of fused-ring (bicyclic) bond motifs is 5. The molecule has 4 aliphatic carbocycles. The van der Waals surface area contributed by atoms with Crippen LogP contribution in [0.4, 0.5) is 0 Å². The van der Waals surface area contributed by atoms with Gasteiger partial charge in [-0.2, -0.15) is 0 Å². The maximum absolute atomic E-state index is 11.5. The van der Waals surface area contributed by atoms with Crippen LogP contribution in [0.5, 0.6) is 0 Å². The molecule has 7 heteroatoms. The molecule has 5 rings (SSSR count). The van der Waals surface area contributed by atoms with Crippen molar-refractivity contribution < 1.29 is 34.6 Å². The lowest BCUT2D eigenvalue weighted by molar-refractivity contribution is -0.292. The number of hydrogen-bond donors (Lipinski definition) is 4. The first kappa shape index (κ1) is 30.7. The van der Waals surface area contributed by atoms with E-state index in [1.54, 1.807) is 0 Å². The summed E-state index contributed by atoms with van der Waals surface area (Å²) in [4.78, 5) is 0. The van der Waals surface area contributed by atoms with Gasteiger partial charge < -0.3 is 34.6 Å². The molecular weight excluding hydrogens is 508 g/mol. The minimum atomic E-state index is -1.02. The molecule has 1 saturated heterocycles. The summed E-state index contributed by atoms with van der Waals surface area (Å²) in [6.45, 7) is 11.4. The van der Waals surface area contributed by atoms with E-state index in [-0.39, 0.29) is 47.6 Å². The average molecular weight is 563 g/mol. The predicted molar refractivity (Wildman–Crippen MR) is 153 cm³/mol. The van der Waals surface area contributed by atoms with Crippen LogP contribution >= 0.6 is 0 Å². The monoisotopic (exact) mass is 562 g/mol. The topological polar surface area (TPSA) is 109 Å². The Balaban J connectivity index is 1.29. The smallest absolute Gasteiger partial charge is 0.186 e. The van der Waals surface area contributed by atoms with E-state index in [1.807, 2.05) is 0 Å². The van der Waals surface area contributed by atoms with Crippen molar-refractivity contribution in [2.45, 2.75) is 129 Å². The highest BCUT2D eigenvalue weighted by molar-refractivity contribution is 5.47. The van der Waals surface area contributed by atoms with Crippen molar-refractivity contribution in [1.29, 1.82) is 0 Å². The van der Waals surface area contributed by atoms with E-state index < -0.39 is 24.6 Å². The van der Waals surface area contributed by atoms with E-state index in [1.165, 1.54) is 18.3 Å². The molecule has 40 heavy (non-hydrogen) atoms. The molecule has 3 fully saturated rings. The molecule has 1 heterocycles. The molecular formula is C33H54O7. The summed E-state index contributed by atoms with van der Waals surface area (Å²) >= 11 is 0. The lowest BCUT2D eigenvalue weighted by atomic mass is 9.51. The molecule has 0 spiro atoms. The van der Waals surface area contributed by atoms with Crippen LogP contribution in [-0.2, 0) is 14.2 Å². The zero-order valence-corrected chi connectivity index (χ0v) is 25.5. The summed E-state index contributed by atoms with van der Waals surface area (Å²) in [5.41, 5.74) is 2.94. The highest BCUT2D eigenvalue weighted by Crippen LogP contribution is 2.65. The molecule has 7 nitrogen and oxygen atoms in total. The number of hydrogen-bond acceptors (Lipinski definition) is 7. The van der Waals surface area contributed by atoms with Gasteiger partial charge in [0.1, 0.15) is 18.3 Å². The molecule has 1 aliphatic heterocycles. The Kier molecular flexibility index (Phi) is 8.97. The zero-order chi connectivity index (χ0) is 29.0. The van der Waals surface area contributed by atoms with Gasteiger partial charge in [0.25, 0.3) is 0 Å². The fourth-order valence-electron chi connectivity index (χ4n) is 9.22. The lowest BCUT2D eigenvalue weighted by Gasteiger charge is -2.54. The van der Waals surface area contributed by atoms with Gasteiger partial charge in [0.05, 0.1) is 24.9 Å². The minimum Gasteiger partial charge on any atom is -0.393 e. The third-order valence-corrected chi connectivity index (χ3v) is 11.9. The first-order chi connectivity index (χ1) is 18.9. The van der Waals surface area contributed by atoms with Crippen LogP contribution in [0.3, 0.4) is 0 Å². The molecule has 0 amide bonds. The highest BCUT2D eigenvalue weighted by Gasteiger charge is 2.58. The Hall–Kier alpha value is -0.800. The Bertz CT molecular complexity index is 962. The standard InChI is InChI=1S/C33H54O7/c1-18(2)25(34)10-7-19(3)24-16-26(35)28-22-9-8-20-15-21(40-31-30(38-6)29(37)27(36)17-39-31)11-13-32(20,4)23(22)12-14-33(24,28)5/h9,12,18-21,24-31,34-37H,7-8,10-11,13-17H2,1-6H3/t19-,20+,21+,24-,25+,26-,27-,28-,29+,30-,31+,32+,33-/m1/s1. The fraction of sp³-hybridized carbons (Fsp3) is 0.879. The summed E-state index contributed by atoms with van der Waals surface area (Å²) in [5, 5.41) is 42.2. The number of ether oxygens (including phenoxy) is 3. The quantitative estimate of drug-likeness (QED) is 0.348. The SMILES string of the molecule is CO[C@H]1[C@H](O[C@H]2CC[C@]3(C)C4=CC[C@]5(C)[C@@H]([C@H](C)CC[C@H](O)C(C)C)C[C@@H](O)[C@H]5C4=CC[C@H]3C2)OC[C@@H](O)[C@@H]1O. The van der Waals surface area contributed by atoms with Gasteiger partial charge in [-0.1, -0.05) is 46.8 Å². The number of allylic oxidation sites excluding steroid dienone is 3. The van der Waals surface area contributed by atoms with Crippen molar-refractivity contribution in [2.75, 3.05) is 13.7 Å². The Morgan fingerprint density at radius 3 is 2.50 bits per heavy atom. The van der Waals surface area contributed by atoms with E-state index in [9.17, 15) is 20.4 Å². The lowest BCUT2D eigenvalue weighted by Crippen LogP contribution is -2.56. The summed E-state index contributed by atoms with van der Waals surface area (Å²) in [7, 11) is 1.51. The maximum Gasteiger partial charge on any atom is 0.186 e. The molecule has 2 saturated carbocycles. The number of rotatable bonds is 8. The van der Waals surface area contributed by atoms with Crippen LogP contribution in [-0.4, -0.2) is 77.1 Å². The fourth-order valence-corrected chi connectivity index (χ4v) is 9.22. The first-order valence-electron chi connectivity index (χ1n) is 15.8. The molecule has 4 N–H and O–H groups in total. The van der Waals surface area contributed by atoms with Gasteiger partial charge >= 0.3 is 0 Å². The van der Waals surface area contributed by atoms with Crippen LogP contribution in [0.25, 0.3) is 0 Å². The van der Waals surface area contributed by atoms with Gasteiger partial charge in [-0.05, 0) is 97.0 Å². The first-order valence-corrected chi connectivity index (χ1v) is 15.8. The van der Waals surface area contributed by atoms with Gasteiger partial charge in [-0.15, -0.1) is 0 Å². The normalized spacial score (nSPS) is 46.6. The summed E-state index contributed by atoms with van der Waals surface area (Å²) < 4.78 is 17.5. The molecule has 0 radical (unpaired) electrons. The Morgan fingerprint density at radius 2 is 1.80 bits per heavy atom. The molecule has 0 unspecified atom stereocenters. The van der Waals surface area contributed by atoms with Crippen molar-refractivity contribution in [1.82, 2.24) is 0 Å². The maximum atomic E-state index is 11.5. The van der Waals surface area contributed by atoms with Crippen LogP contribution in [0, 0.1) is 40.4 Å². The van der Waals surface area contributed by atoms with Gasteiger partial charge in [-0.3, -0.25) is 0 Å². The van der Waals surface area contributed by atoms with Gasteiger partial charge in [0.15, 0.2) is 6.29 Å². The zero-order valence-electron chi connectivity index (χ0n) is 25.5. The number of aliphatic hydroxyl groups is 4. The third-order valence-electron chi connectivity index (χ3n) is 11.9. The van der Waals surface area contributed by atoms with Crippen LogP contribution in [0.1, 0.15) is 86.0 Å². The molecule has 5 aliphatic rings. The minimum absolute atomic E-state index is 0.0102. The molecule has 228 valence electrons. The van der Waals surface area contributed by atoms with Crippen molar-refractivity contribution in [3.63, 3.8) is 0 Å². The largest absolute Gasteiger partial charge is 0.393 e. The third kappa shape index (κ3) is 5.27. The van der Waals surface area contributed by atoms with Crippen LogP contribution in [0.15, 0.2) is 23.3 Å². The van der Waals surface area contributed by atoms with Crippen LogP contribution < -0.4 is 0 Å². The Morgan fingerprint density at radius 1 is 1.05 bits per heavy atom. The molecule has 0 aromatic heterocycles. The Labute approximate surface area is 241 Å². The second kappa shape index (κ2) is 11.7. The van der Waals surface area contributed by atoms with Gasteiger partial charge in [-0.25, -0.2) is 0 Å². The number of methoxy groups -OCH3 is 1. The van der Waals surface area contributed by atoms with Gasteiger partial charge in [0.2, 0.25) is 0 Å². The highest BCUT2D eigenvalue weighted by atomic mass is 16.7. The van der Waals surface area contributed by atoms with Crippen molar-refractivity contribution >= 4 is 0 Å². The van der Waals surface area contributed by atoms with E-state index in [4.69, 9.17) is 14.2 Å². The van der Waals surface area contributed by atoms with Crippen LogP contribution in [0.2, 0.25) is 0 Å². The average Bonchev–Trinajstić information content (AvgIpc) is 3.20. The molecule has 13 atom stereocenters. The molecule has 0 aromatic carbocycles.